The second-order valence-electron chi connectivity index (χ2n) is 5.64. The molecule has 0 bridgehead atoms. The molecular formula is C18H24N2O3S2. The molecule has 1 heterocycles. The van der Waals surface area contributed by atoms with Gasteiger partial charge in [0.15, 0.2) is 0 Å². The van der Waals surface area contributed by atoms with Crippen molar-refractivity contribution in [2.45, 2.75) is 39.0 Å². The molecule has 1 N–H and O–H groups in total. The van der Waals surface area contributed by atoms with E-state index in [9.17, 15) is 13.2 Å². The molecule has 0 fully saturated rings. The number of nitrogens with zero attached hydrogens (tertiary/aromatic N) is 1. The largest absolute Gasteiger partial charge is 0.321 e. The van der Waals surface area contributed by atoms with Crippen LogP contribution in [0.5, 0.6) is 0 Å². The lowest BCUT2D eigenvalue weighted by Crippen LogP contribution is -2.30. The fourth-order valence-electron chi connectivity index (χ4n) is 2.62. The first-order valence-corrected chi connectivity index (χ1v) is 10.6. The number of sulfonamides is 1. The summed E-state index contributed by atoms with van der Waals surface area (Å²) >= 11 is 1.47. The van der Waals surface area contributed by atoms with Crippen LogP contribution >= 0.6 is 11.3 Å². The summed E-state index contributed by atoms with van der Waals surface area (Å²) in [5, 5.41) is 2.80. The molecule has 25 heavy (non-hydrogen) atoms. The molecule has 0 aliphatic heterocycles. The second-order valence-corrected chi connectivity index (χ2v) is 8.72. The van der Waals surface area contributed by atoms with Crippen LogP contribution in [-0.4, -0.2) is 31.7 Å². The summed E-state index contributed by atoms with van der Waals surface area (Å²) in [6.07, 6.45) is 0.890. The third-order valence-corrected chi connectivity index (χ3v) is 7.43. The van der Waals surface area contributed by atoms with Crippen LogP contribution in [0.2, 0.25) is 0 Å². The molecule has 0 spiro atoms. The number of hydrogen-bond donors (Lipinski definition) is 1. The minimum absolute atomic E-state index is 0.186. The molecule has 136 valence electrons. The highest BCUT2D eigenvalue weighted by molar-refractivity contribution is 7.89. The molecule has 0 unspecified atom stereocenters. The van der Waals surface area contributed by atoms with Crippen LogP contribution in [0, 0.1) is 6.92 Å². The monoisotopic (exact) mass is 380 g/mol. The van der Waals surface area contributed by atoms with Gasteiger partial charge in [0.25, 0.3) is 5.91 Å². The predicted molar refractivity (Wildman–Crippen MR) is 103 cm³/mol. The number of carbonyl (C=O) groups excluding carboxylic acids is 1. The SMILES string of the molecule is CCc1sc(C(=O)Nc2cccc(S(=O)(=O)N(CC)CC)c2)cc1C. The highest BCUT2D eigenvalue weighted by Crippen LogP contribution is 2.24. The number of anilines is 1. The molecule has 0 aliphatic carbocycles. The summed E-state index contributed by atoms with van der Waals surface area (Å²) in [4.78, 5) is 14.4. The van der Waals surface area contributed by atoms with Gasteiger partial charge in [-0.3, -0.25) is 4.79 Å². The van der Waals surface area contributed by atoms with E-state index in [1.165, 1.54) is 26.6 Å². The Labute approximate surface area is 153 Å². The van der Waals surface area contributed by atoms with E-state index in [0.29, 0.717) is 23.7 Å². The molecule has 5 nitrogen and oxygen atoms in total. The summed E-state index contributed by atoms with van der Waals surface area (Å²) < 4.78 is 26.6. The van der Waals surface area contributed by atoms with Crippen molar-refractivity contribution in [1.82, 2.24) is 4.31 Å². The Morgan fingerprint density at radius 2 is 1.84 bits per heavy atom. The van der Waals surface area contributed by atoms with Crippen molar-refractivity contribution in [3.63, 3.8) is 0 Å². The highest BCUT2D eigenvalue weighted by Gasteiger charge is 2.22. The standard InChI is InChI=1S/C18H24N2O3S2/c1-5-16-13(4)11-17(24-16)18(21)19-14-9-8-10-15(12-14)25(22,23)20(6-2)7-3/h8-12H,5-7H2,1-4H3,(H,19,21). The first kappa shape index (κ1) is 19.6. The van der Waals surface area contributed by atoms with Crippen LogP contribution in [0.1, 0.15) is 40.9 Å². The summed E-state index contributed by atoms with van der Waals surface area (Å²) in [6.45, 7) is 8.47. The third kappa shape index (κ3) is 4.29. The van der Waals surface area contributed by atoms with Crippen molar-refractivity contribution >= 4 is 33.0 Å². The minimum atomic E-state index is -3.55. The highest BCUT2D eigenvalue weighted by atomic mass is 32.2. The molecule has 2 aromatic rings. The molecule has 0 saturated heterocycles. The Bertz CT molecular complexity index is 853. The minimum Gasteiger partial charge on any atom is -0.321 e. The van der Waals surface area contributed by atoms with Gasteiger partial charge in [0.05, 0.1) is 9.77 Å². The van der Waals surface area contributed by atoms with Crippen molar-refractivity contribution in [3.8, 4) is 0 Å². The number of rotatable bonds is 7. The van der Waals surface area contributed by atoms with E-state index < -0.39 is 10.0 Å². The van der Waals surface area contributed by atoms with E-state index in [1.54, 1.807) is 32.0 Å². The Morgan fingerprint density at radius 1 is 1.16 bits per heavy atom. The summed E-state index contributed by atoms with van der Waals surface area (Å²) in [7, 11) is -3.55. The number of hydrogen-bond acceptors (Lipinski definition) is 4. The van der Waals surface area contributed by atoms with Crippen LogP contribution < -0.4 is 5.32 Å². The van der Waals surface area contributed by atoms with Crippen LogP contribution in [0.4, 0.5) is 5.69 Å². The number of benzene rings is 1. The van der Waals surface area contributed by atoms with Crippen LogP contribution in [-0.2, 0) is 16.4 Å². The van der Waals surface area contributed by atoms with Crippen LogP contribution in [0.25, 0.3) is 0 Å². The van der Waals surface area contributed by atoms with Gasteiger partial charge in [-0.15, -0.1) is 11.3 Å². The van der Waals surface area contributed by atoms with Crippen molar-refractivity contribution in [3.05, 3.63) is 45.6 Å². The van der Waals surface area contributed by atoms with E-state index in [4.69, 9.17) is 0 Å². The van der Waals surface area contributed by atoms with Gasteiger partial charge in [-0.1, -0.05) is 26.8 Å². The molecule has 0 saturated carbocycles. The van der Waals surface area contributed by atoms with E-state index >= 15 is 0 Å². The number of carbonyl (C=O) groups is 1. The summed E-state index contributed by atoms with van der Waals surface area (Å²) in [5.41, 5.74) is 1.58. The molecule has 1 amide bonds. The lowest BCUT2D eigenvalue weighted by molar-refractivity contribution is 0.103. The first-order valence-electron chi connectivity index (χ1n) is 8.34. The normalized spacial score (nSPS) is 11.7. The van der Waals surface area contributed by atoms with Crippen molar-refractivity contribution in [1.29, 1.82) is 0 Å². The zero-order valence-corrected chi connectivity index (χ0v) is 16.6. The Kier molecular flexibility index (Phi) is 6.37. The molecule has 2 rings (SSSR count). The second kappa shape index (κ2) is 8.12. The zero-order chi connectivity index (χ0) is 18.6. The molecule has 7 heteroatoms. The van der Waals surface area contributed by atoms with Crippen molar-refractivity contribution < 1.29 is 13.2 Å². The van der Waals surface area contributed by atoms with Crippen molar-refractivity contribution in [2.75, 3.05) is 18.4 Å². The lowest BCUT2D eigenvalue weighted by atomic mass is 10.2. The predicted octanol–water partition coefficient (Wildman–Crippen LogP) is 3.90. The van der Waals surface area contributed by atoms with Crippen LogP contribution in [0.15, 0.2) is 35.2 Å². The third-order valence-electron chi connectivity index (χ3n) is 4.00. The van der Waals surface area contributed by atoms with E-state index in [0.717, 1.165) is 12.0 Å². The fraction of sp³-hybridized carbons (Fsp3) is 0.389. The Hall–Kier alpha value is -1.70. The summed E-state index contributed by atoms with van der Waals surface area (Å²) in [5.74, 6) is -0.217. The lowest BCUT2D eigenvalue weighted by Gasteiger charge is -2.18. The molecule has 1 aromatic carbocycles. The molecule has 0 atom stereocenters. The number of amides is 1. The number of thiophene rings is 1. The maximum Gasteiger partial charge on any atom is 0.265 e. The number of nitrogens with one attached hydrogen (secondary N) is 1. The average molecular weight is 381 g/mol. The van der Waals surface area contributed by atoms with Gasteiger partial charge >= 0.3 is 0 Å². The van der Waals surface area contributed by atoms with Crippen molar-refractivity contribution in [2.24, 2.45) is 0 Å². The van der Waals surface area contributed by atoms with Gasteiger partial charge in [0, 0.05) is 23.7 Å². The zero-order valence-electron chi connectivity index (χ0n) is 15.0. The van der Waals surface area contributed by atoms with Gasteiger partial charge in [-0.05, 0) is 43.2 Å². The van der Waals surface area contributed by atoms with E-state index in [2.05, 4.69) is 12.2 Å². The molecule has 0 radical (unpaired) electrons. The smallest absolute Gasteiger partial charge is 0.265 e. The maximum atomic E-state index is 12.6. The first-order chi connectivity index (χ1) is 11.8. The molecule has 0 aliphatic rings. The van der Waals surface area contributed by atoms with E-state index in [1.807, 2.05) is 13.0 Å². The molecular weight excluding hydrogens is 356 g/mol. The quantitative estimate of drug-likeness (QED) is 0.792. The fourth-order valence-corrected chi connectivity index (χ4v) is 5.14. The van der Waals surface area contributed by atoms with E-state index in [-0.39, 0.29) is 10.8 Å². The van der Waals surface area contributed by atoms with Gasteiger partial charge in [0.2, 0.25) is 10.0 Å². The summed E-state index contributed by atoms with van der Waals surface area (Å²) in [6, 6.07) is 8.26. The van der Waals surface area contributed by atoms with Crippen LogP contribution in [0.3, 0.4) is 0 Å². The van der Waals surface area contributed by atoms with Gasteiger partial charge in [-0.2, -0.15) is 4.31 Å². The number of aryl methyl sites for hydroxylation is 2. The Morgan fingerprint density at radius 3 is 2.40 bits per heavy atom. The van der Waals surface area contributed by atoms with Gasteiger partial charge in [-0.25, -0.2) is 8.42 Å². The average Bonchev–Trinajstić information content (AvgIpc) is 2.97. The molecule has 1 aromatic heterocycles. The van der Waals surface area contributed by atoms with Gasteiger partial charge in [0.1, 0.15) is 0 Å². The van der Waals surface area contributed by atoms with Gasteiger partial charge < -0.3 is 5.32 Å². The Balaban J connectivity index is 2.25. The topological polar surface area (TPSA) is 66.5 Å². The maximum absolute atomic E-state index is 12.6.